The summed E-state index contributed by atoms with van der Waals surface area (Å²) in [5, 5.41) is 7.11. The first-order chi connectivity index (χ1) is 12.1. The number of hydrogen-bond donors (Lipinski definition) is 1. The molecule has 1 amide bonds. The average Bonchev–Trinajstić information content (AvgIpc) is 3.21. The van der Waals surface area contributed by atoms with E-state index in [2.05, 4.69) is 38.4 Å². The normalized spacial score (nSPS) is 15.7. The molecule has 0 bridgehead atoms. The van der Waals surface area contributed by atoms with Crippen molar-refractivity contribution in [1.82, 2.24) is 15.4 Å². The molecule has 1 N–H and O–H groups in total. The SMILES string of the molecule is Cc1onc(-c2ccc(Br)s2)c1C(=O)NCCN(C)C1CCCCC1. The maximum absolute atomic E-state index is 12.6. The summed E-state index contributed by atoms with van der Waals surface area (Å²) in [7, 11) is 2.15. The molecule has 1 aliphatic carbocycles. The van der Waals surface area contributed by atoms with E-state index >= 15 is 0 Å². The molecule has 136 valence electrons. The molecule has 2 aromatic heterocycles. The molecule has 2 aromatic rings. The van der Waals surface area contributed by atoms with E-state index in [1.807, 2.05) is 12.1 Å². The molecule has 25 heavy (non-hydrogen) atoms. The van der Waals surface area contributed by atoms with Crippen LogP contribution in [-0.4, -0.2) is 42.1 Å². The van der Waals surface area contributed by atoms with Gasteiger partial charge in [-0.3, -0.25) is 4.79 Å². The molecule has 2 heterocycles. The summed E-state index contributed by atoms with van der Waals surface area (Å²) < 4.78 is 6.28. The van der Waals surface area contributed by atoms with Crippen LogP contribution in [0.5, 0.6) is 0 Å². The van der Waals surface area contributed by atoms with Crippen molar-refractivity contribution in [1.29, 1.82) is 0 Å². The zero-order valence-corrected chi connectivity index (χ0v) is 17.1. The highest BCUT2D eigenvalue weighted by atomic mass is 79.9. The second kappa shape index (κ2) is 8.47. The summed E-state index contributed by atoms with van der Waals surface area (Å²) in [6.45, 7) is 3.27. The Balaban J connectivity index is 1.59. The Kier molecular flexibility index (Phi) is 6.30. The predicted octanol–water partition coefficient (Wildman–Crippen LogP) is 4.47. The van der Waals surface area contributed by atoms with Crippen molar-refractivity contribution in [2.24, 2.45) is 0 Å². The number of aryl methyl sites for hydroxylation is 1. The van der Waals surface area contributed by atoms with Crippen molar-refractivity contribution in [3.05, 3.63) is 27.2 Å². The number of halogens is 1. The van der Waals surface area contributed by atoms with E-state index < -0.39 is 0 Å². The van der Waals surface area contributed by atoms with E-state index in [1.54, 1.807) is 6.92 Å². The molecule has 0 saturated heterocycles. The van der Waals surface area contributed by atoms with Crippen LogP contribution in [0.25, 0.3) is 10.6 Å². The summed E-state index contributed by atoms with van der Waals surface area (Å²) in [5.41, 5.74) is 1.15. The van der Waals surface area contributed by atoms with Crippen LogP contribution in [-0.2, 0) is 0 Å². The van der Waals surface area contributed by atoms with Gasteiger partial charge in [-0.1, -0.05) is 24.4 Å². The minimum Gasteiger partial charge on any atom is -0.360 e. The topological polar surface area (TPSA) is 58.4 Å². The molecule has 1 fully saturated rings. The van der Waals surface area contributed by atoms with Crippen LogP contribution in [0.3, 0.4) is 0 Å². The lowest BCUT2D eigenvalue weighted by Crippen LogP contribution is -2.39. The van der Waals surface area contributed by atoms with Crippen LogP contribution in [0.4, 0.5) is 0 Å². The largest absolute Gasteiger partial charge is 0.360 e. The van der Waals surface area contributed by atoms with Gasteiger partial charge in [-0.05, 0) is 54.9 Å². The van der Waals surface area contributed by atoms with Gasteiger partial charge in [0, 0.05) is 19.1 Å². The molecule has 0 unspecified atom stereocenters. The van der Waals surface area contributed by atoms with E-state index in [9.17, 15) is 4.79 Å². The molecule has 1 aliphatic rings. The Morgan fingerprint density at radius 2 is 2.16 bits per heavy atom. The van der Waals surface area contributed by atoms with E-state index in [1.165, 1.54) is 43.4 Å². The van der Waals surface area contributed by atoms with Crippen molar-refractivity contribution in [3.8, 4) is 10.6 Å². The van der Waals surface area contributed by atoms with Crippen LogP contribution < -0.4 is 5.32 Å². The fraction of sp³-hybridized carbons (Fsp3) is 0.556. The highest BCUT2D eigenvalue weighted by Crippen LogP contribution is 2.33. The van der Waals surface area contributed by atoms with Gasteiger partial charge in [-0.2, -0.15) is 0 Å². The number of nitrogens with one attached hydrogen (secondary N) is 1. The number of carbonyl (C=O) groups excluding carboxylic acids is 1. The smallest absolute Gasteiger partial charge is 0.257 e. The minimum absolute atomic E-state index is 0.115. The van der Waals surface area contributed by atoms with Crippen LogP contribution in [0, 0.1) is 6.92 Å². The van der Waals surface area contributed by atoms with Crippen LogP contribution in [0.1, 0.15) is 48.2 Å². The van der Waals surface area contributed by atoms with Gasteiger partial charge in [0.05, 0.1) is 8.66 Å². The molecule has 1 saturated carbocycles. The molecular weight excluding hydrogens is 402 g/mol. The number of hydrogen-bond acceptors (Lipinski definition) is 5. The molecule has 7 heteroatoms. The van der Waals surface area contributed by atoms with Gasteiger partial charge in [-0.15, -0.1) is 11.3 Å². The first-order valence-corrected chi connectivity index (χ1v) is 10.4. The Morgan fingerprint density at radius 3 is 2.84 bits per heavy atom. The van der Waals surface area contributed by atoms with Gasteiger partial charge in [0.25, 0.3) is 5.91 Å². The van der Waals surface area contributed by atoms with E-state index in [-0.39, 0.29) is 5.91 Å². The second-order valence-corrected chi connectivity index (χ2v) is 9.06. The van der Waals surface area contributed by atoms with Gasteiger partial charge in [0.15, 0.2) is 0 Å². The maximum Gasteiger partial charge on any atom is 0.257 e. The highest BCUT2D eigenvalue weighted by Gasteiger charge is 2.23. The van der Waals surface area contributed by atoms with Gasteiger partial charge < -0.3 is 14.7 Å². The Morgan fingerprint density at radius 1 is 1.40 bits per heavy atom. The summed E-state index contributed by atoms with van der Waals surface area (Å²) >= 11 is 4.99. The maximum atomic E-state index is 12.6. The average molecular weight is 426 g/mol. The molecule has 5 nitrogen and oxygen atoms in total. The number of thiophene rings is 1. The second-order valence-electron chi connectivity index (χ2n) is 6.59. The fourth-order valence-electron chi connectivity index (χ4n) is 3.39. The van der Waals surface area contributed by atoms with Crippen LogP contribution >= 0.6 is 27.3 Å². The Bertz CT molecular complexity index is 722. The minimum atomic E-state index is -0.115. The summed E-state index contributed by atoms with van der Waals surface area (Å²) in [6.07, 6.45) is 6.54. The van der Waals surface area contributed by atoms with Crippen molar-refractivity contribution < 1.29 is 9.32 Å². The Labute approximate surface area is 160 Å². The van der Waals surface area contributed by atoms with Crippen molar-refractivity contribution >= 4 is 33.2 Å². The predicted molar refractivity (Wildman–Crippen MR) is 104 cm³/mol. The Hall–Kier alpha value is -1.18. The van der Waals surface area contributed by atoms with Crippen molar-refractivity contribution in [2.75, 3.05) is 20.1 Å². The highest BCUT2D eigenvalue weighted by molar-refractivity contribution is 9.11. The summed E-state index contributed by atoms with van der Waals surface area (Å²) in [4.78, 5) is 15.9. The van der Waals surface area contributed by atoms with Gasteiger partial charge in [0.2, 0.25) is 0 Å². The third-order valence-electron chi connectivity index (χ3n) is 4.84. The third kappa shape index (κ3) is 4.51. The van der Waals surface area contributed by atoms with Crippen molar-refractivity contribution in [3.63, 3.8) is 0 Å². The fourth-order valence-corrected chi connectivity index (χ4v) is 4.76. The van der Waals surface area contributed by atoms with Crippen molar-refractivity contribution in [2.45, 2.75) is 45.1 Å². The molecule has 0 aromatic carbocycles. The number of rotatable bonds is 6. The quantitative estimate of drug-likeness (QED) is 0.741. The molecule has 0 spiro atoms. The molecular formula is C18H24BrN3O2S. The third-order valence-corrected chi connectivity index (χ3v) is 6.47. The number of carbonyl (C=O) groups is 1. The zero-order chi connectivity index (χ0) is 17.8. The molecule has 0 atom stereocenters. The monoisotopic (exact) mass is 425 g/mol. The van der Waals surface area contributed by atoms with Crippen LogP contribution in [0.15, 0.2) is 20.4 Å². The number of likely N-dealkylation sites (N-methyl/N-ethyl adjacent to an activating group) is 1. The standard InChI is InChI=1S/C18H24BrN3O2S/c1-12-16(17(21-24-12)14-8-9-15(19)25-14)18(23)20-10-11-22(2)13-6-4-3-5-7-13/h8-9,13H,3-7,10-11H2,1-2H3,(H,20,23). The lowest BCUT2D eigenvalue weighted by molar-refractivity contribution is 0.0943. The molecule has 0 aliphatic heterocycles. The number of nitrogens with zero attached hydrogens (tertiary/aromatic N) is 2. The summed E-state index contributed by atoms with van der Waals surface area (Å²) in [5.74, 6) is 0.438. The zero-order valence-electron chi connectivity index (χ0n) is 14.7. The van der Waals surface area contributed by atoms with Crippen LogP contribution in [0.2, 0.25) is 0 Å². The first kappa shape index (κ1) is 18.6. The number of aromatic nitrogens is 1. The van der Waals surface area contributed by atoms with Gasteiger partial charge in [0.1, 0.15) is 17.0 Å². The first-order valence-electron chi connectivity index (χ1n) is 8.76. The lowest BCUT2D eigenvalue weighted by Gasteiger charge is -2.31. The molecule has 0 radical (unpaired) electrons. The van der Waals surface area contributed by atoms with E-state index in [0.29, 0.717) is 29.6 Å². The summed E-state index contributed by atoms with van der Waals surface area (Å²) in [6, 6.07) is 4.55. The van der Waals surface area contributed by atoms with E-state index in [0.717, 1.165) is 15.2 Å². The van der Waals surface area contributed by atoms with Gasteiger partial charge >= 0.3 is 0 Å². The van der Waals surface area contributed by atoms with Gasteiger partial charge in [-0.25, -0.2) is 0 Å². The molecule has 3 rings (SSSR count). The van der Waals surface area contributed by atoms with E-state index in [4.69, 9.17) is 4.52 Å². The number of amides is 1. The lowest BCUT2D eigenvalue weighted by atomic mass is 9.94.